The molecular formula is C11H14O2. The standard InChI is InChI=1S/C6H4.C5H10O2/c1-2-6-4-3-5(1)6;1-2-3-4-5(6)7/h1-4H;2-4H2,1H3,(H,6,7). The van der Waals surface area contributed by atoms with Gasteiger partial charge < -0.3 is 5.11 Å². The van der Waals surface area contributed by atoms with Crippen molar-refractivity contribution in [1.29, 1.82) is 0 Å². The Bertz CT molecular complexity index is 254. The van der Waals surface area contributed by atoms with Crippen LogP contribution in [0.15, 0.2) is 24.3 Å². The molecule has 0 fully saturated rings. The van der Waals surface area contributed by atoms with E-state index in [1.165, 1.54) is 11.1 Å². The number of hydrogen-bond acceptors (Lipinski definition) is 1. The van der Waals surface area contributed by atoms with Crippen LogP contribution in [0.2, 0.25) is 0 Å². The predicted molar refractivity (Wildman–Crippen MR) is 52.6 cm³/mol. The van der Waals surface area contributed by atoms with Crippen LogP contribution in [-0.2, 0) is 4.79 Å². The van der Waals surface area contributed by atoms with E-state index in [1.807, 2.05) is 6.92 Å². The molecule has 0 aromatic heterocycles. The summed E-state index contributed by atoms with van der Waals surface area (Å²) in [6, 6.07) is 8.48. The van der Waals surface area contributed by atoms with Gasteiger partial charge in [0.05, 0.1) is 0 Å². The highest BCUT2D eigenvalue weighted by Crippen LogP contribution is 2.29. The lowest BCUT2D eigenvalue weighted by Crippen LogP contribution is -1.91. The van der Waals surface area contributed by atoms with E-state index in [1.54, 1.807) is 0 Å². The maximum absolute atomic E-state index is 9.76. The van der Waals surface area contributed by atoms with Gasteiger partial charge in [-0.05, 0) is 17.5 Å². The maximum atomic E-state index is 9.76. The van der Waals surface area contributed by atoms with Crippen molar-refractivity contribution in [3.8, 4) is 11.1 Å². The minimum absolute atomic E-state index is 0.316. The van der Waals surface area contributed by atoms with Crippen molar-refractivity contribution in [2.24, 2.45) is 0 Å². The molecule has 1 N–H and O–H groups in total. The van der Waals surface area contributed by atoms with Gasteiger partial charge in [0.15, 0.2) is 0 Å². The highest BCUT2D eigenvalue weighted by molar-refractivity contribution is 5.75. The fraction of sp³-hybridized carbons (Fsp3) is 0.364. The summed E-state index contributed by atoms with van der Waals surface area (Å²) in [5.74, 6) is -0.693. The number of unbranched alkanes of at least 4 members (excludes halogenated alkanes) is 1. The zero-order valence-corrected chi connectivity index (χ0v) is 7.79. The van der Waals surface area contributed by atoms with Gasteiger partial charge in [-0.1, -0.05) is 37.6 Å². The van der Waals surface area contributed by atoms with E-state index in [9.17, 15) is 4.79 Å². The van der Waals surface area contributed by atoms with E-state index in [4.69, 9.17) is 5.11 Å². The molecule has 0 aromatic carbocycles. The fourth-order valence-corrected chi connectivity index (χ4v) is 0.991. The van der Waals surface area contributed by atoms with Gasteiger partial charge in [-0.2, -0.15) is 0 Å². The summed E-state index contributed by atoms with van der Waals surface area (Å²) in [4.78, 5) is 9.76. The number of hydrogen-bond donors (Lipinski definition) is 1. The van der Waals surface area contributed by atoms with E-state index in [-0.39, 0.29) is 0 Å². The Morgan fingerprint density at radius 2 is 1.69 bits per heavy atom. The highest BCUT2D eigenvalue weighted by Gasteiger charge is 2.03. The van der Waals surface area contributed by atoms with Crippen molar-refractivity contribution in [1.82, 2.24) is 0 Å². The Balaban J connectivity index is 0.000000130. The number of rotatable bonds is 3. The first-order valence-corrected chi connectivity index (χ1v) is 4.56. The van der Waals surface area contributed by atoms with Gasteiger partial charge in [-0.3, -0.25) is 4.79 Å². The third-order valence-corrected chi connectivity index (χ3v) is 1.96. The van der Waals surface area contributed by atoms with Crippen molar-refractivity contribution in [3.63, 3.8) is 0 Å². The normalized spacial score (nSPS) is 9.92. The minimum Gasteiger partial charge on any atom is -0.481 e. The Labute approximate surface area is 78.2 Å². The van der Waals surface area contributed by atoms with E-state index in [0.29, 0.717) is 6.42 Å². The average Bonchev–Trinajstić information content (AvgIpc) is 2.08. The topological polar surface area (TPSA) is 37.3 Å². The third kappa shape index (κ3) is 2.90. The number of aliphatic carboxylic acids is 1. The van der Waals surface area contributed by atoms with Crippen molar-refractivity contribution < 1.29 is 9.90 Å². The zero-order chi connectivity index (χ0) is 9.68. The number of fused-ring (bicyclic) bond motifs is 1. The third-order valence-electron chi connectivity index (χ3n) is 1.96. The molecular weight excluding hydrogens is 164 g/mol. The smallest absolute Gasteiger partial charge is 0.303 e. The Hall–Kier alpha value is -1.31. The molecule has 0 bridgehead atoms. The molecule has 0 radical (unpaired) electrons. The lowest BCUT2D eigenvalue weighted by atomic mass is 9.95. The van der Waals surface area contributed by atoms with Crippen LogP contribution in [0, 0.1) is 0 Å². The summed E-state index contributed by atoms with van der Waals surface area (Å²) in [7, 11) is 0. The molecule has 0 atom stereocenters. The quantitative estimate of drug-likeness (QED) is 0.784. The van der Waals surface area contributed by atoms with Crippen LogP contribution in [0.3, 0.4) is 0 Å². The van der Waals surface area contributed by atoms with E-state index < -0.39 is 5.97 Å². The first-order valence-electron chi connectivity index (χ1n) is 4.56. The number of carboxylic acid groups (broad SMARTS) is 1. The van der Waals surface area contributed by atoms with Gasteiger partial charge in [0, 0.05) is 6.42 Å². The molecule has 0 spiro atoms. The largest absolute Gasteiger partial charge is 0.481 e. The van der Waals surface area contributed by atoms with Gasteiger partial charge in [0.1, 0.15) is 0 Å². The van der Waals surface area contributed by atoms with Crippen LogP contribution in [0.25, 0.3) is 11.1 Å². The van der Waals surface area contributed by atoms with Crippen LogP contribution in [0.5, 0.6) is 0 Å². The van der Waals surface area contributed by atoms with Crippen LogP contribution >= 0.6 is 0 Å². The molecule has 2 aliphatic carbocycles. The van der Waals surface area contributed by atoms with Crippen LogP contribution in [-0.4, -0.2) is 11.1 Å². The molecule has 13 heavy (non-hydrogen) atoms. The maximum Gasteiger partial charge on any atom is 0.303 e. The van der Waals surface area contributed by atoms with Crippen LogP contribution < -0.4 is 0 Å². The summed E-state index contributed by atoms with van der Waals surface area (Å²) < 4.78 is 0. The highest BCUT2D eigenvalue weighted by atomic mass is 16.4. The molecule has 2 nitrogen and oxygen atoms in total. The Morgan fingerprint density at radius 1 is 1.23 bits per heavy atom. The van der Waals surface area contributed by atoms with Gasteiger partial charge in [0.2, 0.25) is 0 Å². The van der Waals surface area contributed by atoms with Gasteiger partial charge in [-0.25, -0.2) is 0 Å². The monoisotopic (exact) mass is 178 g/mol. The first-order chi connectivity index (χ1) is 6.24. The van der Waals surface area contributed by atoms with Gasteiger partial charge in [0.25, 0.3) is 0 Å². The van der Waals surface area contributed by atoms with Crippen molar-refractivity contribution in [2.75, 3.05) is 0 Å². The number of carbonyl (C=O) groups is 1. The second kappa shape index (κ2) is 4.65. The predicted octanol–water partition coefficient (Wildman–Crippen LogP) is 2.93. The lowest BCUT2D eigenvalue weighted by molar-refractivity contribution is -0.137. The zero-order valence-electron chi connectivity index (χ0n) is 7.79. The second-order valence-electron chi connectivity index (χ2n) is 3.07. The molecule has 0 heterocycles. The van der Waals surface area contributed by atoms with Crippen LogP contribution in [0.4, 0.5) is 0 Å². The summed E-state index contributed by atoms with van der Waals surface area (Å²) in [6.45, 7) is 1.98. The molecule has 70 valence electrons. The van der Waals surface area contributed by atoms with E-state index in [0.717, 1.165) is 12.8 Å². The molecule has 0 amide bonds. The second-order valence-corrected chi connectivity index (χ2v) is 3.07. The Morgan fingerprint density at radius 3 is 1.77 bits per heavy atom. The lowest BCUT2D eigenvalue weighted by Gasteiger charge is -2.10. The van der Waals surface area contributed by atoms with Crippen molar-refractivity contribution in [3.05, 3.63) is 24.3 Å². The van der Waals surface area contributed by atoms with E-state index >= 15 is 0 Å². The SMILES string of the molecule is CCCCC(=O)O.c1cc2ccc1-2. The summed E-state index contributed by atoms with van der Waals surface area (Å²) in [6.07, 6.45) is 2.08. The molecule has 2 rings (SSSR count). The van der Waals surface area contributed by atoms with Crippen LogP contribution in [0.1, 0.15) is 26.2 Å². The number of carboxylic acids is 1. The van der Waals surface area contributed by atoms with Gasteiger partial charge >= 0.3 is 5.97 Å². The molecule has 0 unspecified atom stereocenters. The summed E-state index contributed by atoms with van der Waals surface area (Å²) in [5, 5.41) is 8.04. The van der Waals surface area contributed by atoms with Crippen molar-refractivity contribution in [2.45, 2.75) is 26.2 Å². The molecule has 0 aliphatic heterocycles. The molecule has 0 aromatic rings. The van der Waals surface area contributed by atoms with Crippen molar-refractivity contribution >= 4 is 5.97 Å². The Kier molecular flexibility index (Phi) is 3.50. The molecule has 0 saturated heterocycles. The summed E-state index contributed by atoms with van der Waals surface area (Å²) >= 11 is 0. The number of benzene rings is 1. The molecule has 2 heteroatoms. The van der Waals surface area contributed by atoms with E-state index in [2.05, 4.69) is 24.3 Å². The van der Waals surface area contributed by atoms with Gasteiger partial charge in [-0.15, -0.1) is 0 Å². The fourth-order valence-electron chi connectivity index (χ4n) is 0.991. The first kappa shape index (κ1) is 9.78. The molecule has 0 saturated carbocycles. The minimum atomic E-state index is -0.693. The average molecular weight is 178 g/mol. The molecule has 2 aliphatic rings. The summed E-state index contributed by atoms with van der Waals surface area (Å²) in [5.41, 5.74) is 2.85.